The van der Waals surface area contributed by atoms with E-state index in [-0.39, 0.29) is 18.3 Å². The number of Topliss-reactive ketones (excluding diaryl/α,β-unsaturated/α-hetero) is 1. The summed E-state index contributed by atoms with van der Waals surface area (Å²) in [5, 5.41) is 0. The molecule has 5 aliphatic rings. The summed E-state index contributed by atoms with van der Waals surface area (Å²) in [7, 11) is 0. The highest BCUT2D eigenvalue weighted by molar-refractivity contribution is 5.85. The van der Waals surface area contributed by atoms with Crippen LogP contribution < -0.4 is 0 Å². The molecule has 25 heavy (non-hydrogen) atoms. The first-order chi connectivity index (χ1) is 11.6. The zero-order chi connectivity index (χ0) is 16.5. The summed E-state index contributed by atoms with van der Waals surface area (Å²) in [6.07, 6.45) is 7.58. The lowest BCUT2D eigenvalue weighted by atomic mass is 9.48. The van der Waals surface area contributed by atoms with E-state index in [0.29, 0.717) is 29.2 Å². The number of carbonyl (C=O) groups is 1. The smallest absolute Gasteiger partial charge is 0.134 e. The number of ketones is 1. The van der Waals surface area contributed by atoms with Crippen molar-refractivity contribution < 1.29 is 4.79 Å². The first-order valence-electron chi connectivity index (χ1n) is 9.98. The van der Waals surface area contributed by atoms with Crippen molar-refractivity contribution in [3.8, 4) is 0 Å². The van der Waals surface area contributed by atoms with Gasteiger partial charge in [0.1, 0.15) is 5.78 Å². The van der Waals surface area contributed by atoms with Gasteiger partial charge in [-0.2, -0.15) is 0 Å². The number of benzene rings is 1. The molecule has 1 aromatic rings. The van der Waals surface area contributed by atoms with Gasteiger partial charge in [-0.1, -0.05) is 31.2 Å². The maximum Gasteiger partial charge on any atom is 0.134 e. The molecule has 4 fully saturated rings. The van der Waals surface area contributed by atoms with Gasteiger partial charge in [0.25, 0.3) is 0 Å². The number of hydrogen-bond acceptors (Lipinski definition) is 2. The highest BCUT2D eigenvalue weighted by Crippen LogP contribution is 2.60. The molecule has 2 saturated carbocycles. The fourth-order valence-corrected chi connectivity index (χ4v) is 6.56. The van der Waals surface area contributed by atoms with Crippen LogP contribution in [0.4, 0.5) is 0 Å². The zero-order valence-corrected chi connectivity index (χ0v) is 16.2. The zero-order valence-electron chi connectivity index (χ0n) is 15.4. The van der Waals surface area contributed by atoms with Gasteiger partial charge in [-0.3, -0.25) is 9.69 Å². The topological polar surface area (TPSA) is 20.3 Å². The minimum Gasteiger partial charge on any atom is -0.300 e. The number of fused-ring (bicyclic) bond motifs is 2. The molecule has 2 heterocycles. The van der Waals surface area contributed by atoms with Gasteiger partial charge in [-0.15, -0.1) is 12.4 Å². The van der Waals surface area contributed by atoms with Gasteiger partial charge in [0.2, 0.25) is 0 Å². The summed E-state index contributed by atoms with van der Waals surface area (Å²) >= 11 is 0. The Hall–Kier alpha value is -0.860. The van der Waals surface area contributed by atoms with E-state index in [4.69, 9.17) is 0 Å². The Labute approximate surface area is 157 Å². The van der Waals surface area contributed by atoms with Crippen molar-refractivity contribution in [1.29, 1.82) is 0 Å². The van der Waals surface area contributed by atoms with Crippen molar-refractivity contribution in [1.82, 2.24) is 4.90 Å². The Balaban J connectivity index is 0.00000157. The number of carbonyl (C=O) groups excluding carboxylic acids is 1. The standard InChI is InChI=1S/C22H29NO.ClH/c1-3-22-12-21-17(14(2)24)11-19(22)20(23(21)13-15-8-9-15)10-16-6-4-5-7-18(16)22;/h4-7,15,17,19-21H,3,8-13H2,1-2H3;1H. The molecular weight excluding hydrogens is 330 g/mol. The molecule has 0 radical (unpaired) electrons. The predicted molar refractivity (Wildman–Crippen MR) is 103 cm³/mol. The summed E-state index contributed by atoms with van der Waals surface area (Å²) in [5.74, 6) is 2.30. The van der Waals surface area contributed by atoms with Gasteiger partial charge in [-0.05, 0) is 68.4 Å². The van der Waals surface area contributed by atoms with Gasteiger partial charge >= 0.3 is 0 Å². The van der Waals surface area contributed by atoms with Crippen LogP contribution in [0.1, 0.15) is 57.1 Å². The first-order valence-corrected chi connectivity index (χ1v) is 9.98. The SMILES string of the molecule is CCC12CC3C(C(C)=O)CC1C(Cc1ccccc12)N3CC1CC1.Cl. The molecule has 6 rings (SSSR count). The van der Waals surface area contributed by atoms with Crippen LogP contribution in [0, 0.1) is 17.8 Å². The lowest BCUT2D eigenvalue weighted by Crippen LogP contribution is -2.70. The third-order valence-electron chi connectivity index (χ3n) is 7.87. The van der Waals surface area contributed by atoms with E-state index < -0.39 is 0 Å². The molecule has 4 bridgehead atoms. The summed E-state index contributed by atoms with van der Waals surface area (Å²) < 4.78 is 0. The molecule has 2 nitrogen and oxygen atoms in total. The quantitative estimate of drug-likeness (QED) is 0.794. The van der Waals surface area contributed by atoms with E-state index in [9.17, 15) is 4.79 Å². The van der Waals surface area contributed by atoms with Crippen molar-refractivity contribution in [3.63, 3.8) is 0 Å². The first kappa shape index (κ1) is 17.5. The number of nitrogens with zero attached hydrogens (tertiary/aromatic N) is 1. The molecule has 5 atom stereocenters. The fourth-order valence-electron chi connectivity index (χ4n) is 6.56. The second-order valence-electron chi connectivity index (χ2n) is 8.91. The van der Waals surface area contributed by atoms with Crippen LogP contribution in [0.3, 0.4) is 0 Å². The number of rotatable bonds is 4. The number of halogens is 1. The van der Waals surface area contributed by atoms with Gasteiger partial charge in [-0.25, -0.2) is 0 Å². The van der Waals surface area contributed by atoms with Gasteiger partial charge < -0.3 is 0 Å². The van der Waals surface area contributed by atoms with Crippen LogP contribution in [0.15, 0.2) is 24.3 Å². The molecule has 2 saturated heterocycles. The highest BCUT2D eigenvalue weighted by Gasteiger charge is 2.61. The molecule has 3 aliphatic carbocycles. The van der Waals surface area contributed by atoms with Crippen LogP contribution >= 0.6 is 12.4 Å². The van der Waals surface area contributed by atoms with Crippen LogP contribution in [0.2, 0.25) is 0 Å². The van der Waals surface area contributed by atoms with Gasteiger partial charge in [0.15, 0.2) is 0 Å². The maximum absolute atomic E-state index is 12.4. The summed E-state index contributed by atoms with van der Waals surface area (Å²) in [6.45, 7) is 5.47. The monoisotopic (exact) mass is 359 g/mol. The molecule has 2 aliphatic heterocycles. The summed E-state index contributed by atoms with van der Waals surface area (Å²) in [5.41, 5.74) is 3.53. The molecular formula is C22H30ClNO. The Morgan fingerprint density at radius 1 is 1.24 bits per heavy atom. The van der Waals surface area contributed by atoms with E-state index in [2.05, 4.69) is 36.1 Å². The van der Waals surface area contributed by atoms with Crippen molar-refractivity contribution in [2.45, 2.75) is 69.9 Å². The molecule has 1 aromatic carbocycles. The van der Waals surface area contributed by atoms with Crippen molar-refractivity contribution in [2.24, 2.45) is 17.8 Å². The molecule has 0 aromatic heterocycles. The van der Waals surface area contributed by atoms with Crippen molar-refractivity contribution in [2.75, 3.05) is 6.54 Å². The maximum atomic E-state index is 12.4. The molecule has 3 heteroatoms. The molecule has 5 unspecified atom stereocenters. The van der Waals surface area contributed by atoms with Gasteiger partial charge in [0, 0.05) is 30.0 Å². The fraction of sp³-hybridized carbons (Fsp3) is 0.682. The number of hydrogen-bond donors (Lipinski definition) is 0. The Morgan fingerprint density at radius 3 is 2.68 bits per heavy atom. The largest absolute Gasteiger partial charge is 0.300 e. The number of piperidine rings is 2. The Morgan fingerprint density at radius 2 is 2.00 bits per heavy atom. The third-order valence-corrected chi connectivity index (χ3v) is 7.87. The van der Waals surface area contributed by atoms with E-state index in [1.165, 1.54) is 38.6 Å². The highest BCUT2D eigenvalue weighted by atomic mass is 35.5. The minimum atomic E-state index is 0. The predicted octanol–water partition coefficient (Wildman–Crippen LogP) is 4.39. The molecule has 136 valence electrons. The van der Waals surface area contributed by atoms with Crippen molar-refractivity contribution >= 4 is 18.2 Å². The van der Waals surface area contributed by atoms with Crippen LogP contribution in [-0.2, 0) is 16.6 Å². The van der Waals surface area contributed by atoms with Crippen LogP contribution in [0.25, 0.3) is 0 Å². The second kappa shape index (κ2) is 6.09. The Kier molecular flexibility index (Phi) is 4.28. The molecule has 0 spiro atoms. The minimum absolute atomic E-state index is 0. The second-order valence-corrected chi connectivity index (χ2v) is 8.91. The van der Waals surface area contributed by atoms with Gasteiger partial charge in [0.05, 0.1) is 0 Å². The Bertz CT molecular complexity index is 684. The van der Waals surface area contributed by atoms with Crippen molar-refractivity contribution in [3.05, 3.63) is 35.4 Å². The third kappa shape index (κ3) is 2.44. The molecule has 0 N–H and O–H groups in total. The van der Waals surface area contributed by atoms with Crippen LogP contribution in [-0.4, -0.2) is 29.3 Å². The van der Waals surface area contributed by atoms with E-state index in [1.807, 2.05) is 6.92 Å². The lowest BCUT2D eigenvalue weighted by Gasteiger charge is -2.65. The molecule has 0 amide bonds. The van der Waals surface area contributed by atoms with E-state index in [0.717, 1.165) is 12.3 Å². The lowest BCUT2D eigenvalue weighted by molar-refractivity contribution is -0.143. The summed E-state index contributed by atoms with van der Waals surface area (Å²) in [4.78, 5) is 15.2. The average Bonchev–Trinajstić information content (AvgIpc) is 3.41. The normalized spacial score (nSPS) is 38.8. The van der Waals surface area contributed by atoms with E-state index in [1.54, 1.807) is 11.1 Å². The van der Waals surface area contributed by atoms with E-state index >= 15 is 0 Å². The summed E-state index contributed by atoms with van der Waals surface area (Å²) in [6, 6.07) is 10.4. The van der Waals surface area contributed by atoms with Crippen LogP contribution in [0.5, 0.6) is 0 Å². The average molecular weight is 360 g/mol.